The van der Waals surface area contributed by atoms with E-state index in [-0.39, 0.29) is 11.9 Å². The third-order valence-corrected chi connectivity index (χ3v) is 4.51. The zero-order chi connectivity index (χ0) is 17.6. The van der Waals surface area contributed by atoms with Crippen LogP contribution < -0.4 is 0 Å². The molecule has 1 heterocycles. The van der Waals surface area contributed by atoms with Crippen molar-refractivity contribution in [2.45, 2.75) is 18.8 Å². The summed E-state index contributed by atoms with van der Waals surface area (Å²) in [6.07, 6.45) is 3.07. The second-order valence-electron chi connectivity index (χ2n) is 6.17. The summed E-state index contributed by atoms with van der Waals surface area (Å²) in [4.78, 5) is 12.7. The van der Waals surface area contributed by atoms with Gasteiger partial charge in [-0.05, 0) is 29.5 Å². The van der Waals surface area contributed by atoms with Gasteiger partial charge < -0.3 is 9.30 Å². The van der Waals surface area contributed by atoms with Crippen LogP contribution in [0.15, 0.2) is 73.3 Å². The lowest BCUT2D eigenvalue weighted by molar-refractivity contribution is -0.145. The fourth-order valence-corrected chi connectivity index (χ4v) is 3.16. The molecule has 128 valence electrons. The average Bonchev–Trinajstić information content (AvgIpc) is 2.97. The van der Waals surface area contributed by atoms with Gasteiger partial charge in [-0.1, -0.05) is 54.6 Å². The number of aromatic nitrogens is 1. The molecule has 25 heavy (non-hydrogen) atoms. The molecule has 0 aliphatic heterocycles. The molecule has 0 fully saturated rings. The molecule has 0 aliphatic carbocycles. The SMILES string of the molecule is C=CCC(C(=O)OCCc1ccccc1)c1cc2ccccc2n1C. The van der Waals surface area contributed by atoms with E-state index in [0.29, 0.717) is 13.0 Å². The highest BCUT2D eigenvalue weighted by atomic mass is 16.5. The maximum atomic E-state index is 12.7. The standard InChI is InChI=1S/C22H23NO2/c1-3-9-19(21-16-18-12-7-8-13-20(18)23(21)2)22(24)25-15-14-17-10-5-4-6-11-17/h3-8,10-13,16,19H,1,9,14-15H2,2H3. The molecule has 0 saturated carbocycles. The topological polar surface area (TPSA) is 31.2 Å². The molecular formula is C22H23NO2. The molecule has 0 spiro atoms. The molecule has 3 nitrogen and oxygen atoms in total. The number of carbonyl (C=O) groups excluding carboxylic acids is 1. The van der Waals surface area contributed by atoms with Gasteiger partial charge in [0, 0.05) is 24.7 Å². The molecule has 0 amide bonds. The number of fused-ring (bicyclic) bond motifs is 1. The van der Waals surface area contributed by atoms with Crippen LogP contribution in [0.2, 0.25) is 0 Å². The molecule has 0 saturated heterocycles. The van der Waals surface area contributed by atoms with Gasteiger partial charge in [-0.3, -0.25) is 4.79 Å². The molecule has 3 rings (SSSR count). The Labute approximate surface area is 148 Å². The van der Waals surface area contributed by atoms with Gasteiger partial charge in [-0.2, -0.15) is 0 Å². The fourth-order valence-electron chi connectivity index (χ4n) is 3.16. The third kappa shape index (κ3) is 3.82. The first-order valence-electron chi connectivity index (χ1n) is 8.56. The Bertz CT molecular complexity index is 864. The van der Waals surface area contributed by atoms with Crippen LogP contribution in [0.1, 0.15) is 23.6 Å². The number of esters is 1. The maximum absolute atomic E-state index is 12.7. The van der Waals surface area contributed by atoms with E-state index in [1.54, 1.807) is 6.08 Å². The Hall–Kier alpha value is -2.81. The number of aryl methyl sites for hydroxylation is 1. The first kappa shape index (κ1) is 17.0. The Morgan fingerprint density at radius 1 is 1.16 bits per heavy atom. The summed E-state index contributed by atoms with van der Waals surface area (Å²) in [7, 11) is 1.99. The Kier molecular flexibility index (Phi) is 5.34. The Morgan fingerprint density at radius 2 is 1.88 bits per heavy atom. The molecule has 2 aromatic carbocycles. The second kappa shape index (κ2) is 7.84. The number of nitrogens with zero attached hydrogens (tertiary/aromatic N) is 1. The molecule has 0 aliphatic rings. The van der Waals surface area contributed by atoms with Crippen molar-refractivity contribution in [1.82, 2.24) is 4.57 Å². The lowest BCUT2D eigenvalue weighted by atomic mass is 10.0. The summed E-state index contributed by atoms with van der Waals surface area (Å²) >= 11 is 0. The summed E-state index contributed by atoms with van der Waals surface area (Å²) < 4.78 is 7.64. The minimum Gasteiger partial charge on any atom is -0.465 e. The monoisotopic (exact) mass is 333 g/mol. The maximum Gasteiger partial charge on any atom is 0.315 e. The fraction of sp³-hybridized carbons (Fsp3) is 0.227. The number of rotatable bonds is 7. The molecule has 1 unspecified atom stereocenters. The lowest BCUT2D eigenvalue weighted by Crippen LogP contribution is -2.19. The van der Waals surface area contributed by atoms with Crippen LogP contribution >= 0.6 is 0 Å². The van der Waals surface area contributed by atoms with E-state index in [4.69, 9.17) is 4.74 Å². The number of benzene rings is 2. The highest BCUT2D eigenvalue weighted by Crippen LogP contribution is 2.28. The van der Waals surface area contributed by atoms with Gasteiger partial charge in [0.25, 0.3) is 0 Å². The lowest BCUT2D eigenvalue weighted by Gasteiger charge is -2.16. The van der Waals surface area contributed by atoms with Gasteiger partial charge in [0.2, 0.25) is 0 Å². The van der Waals surface area contributed by atoms with Crippen molar-refractivity contribution in [3.05, 3.63) is 84.6 Å². The smallest absolute Gasteiger partial charge is 0.315 e. The van der Waals surface area contributed by atoms with Crippen LogP contribution in [0.5, 0.6) is 0 Å². The van der Waals surface area contributed by atoms with Crippen molar-refractivity contribution in [2.24, 2.45) is 7.05 Å². The number of allylic oxidation sites excluding steroid dienone is 1. The van der Waals surface area contributed by atoms with Gasteiger partial charge >= 0.3 is 5.97 Å². The largest absolute Gasteiger partial charge is 0.465 e. The molecule has 0 bridgehead atoms. The molecule has 3 heteroatoms. The molecule has 1 aromatic heterocycles. The van der Waals surface area contributed by atoms with Crippen molar-refractivity contribution < 1.29 is 9.53 Å². The van der Waals surface area contributed by atoms with Gasteiger partial charge in [0.1, 0.15) is 5.92 Å². The first-order valence-corrected chi connectivity index (χ1v) is 8.56. The van der Waals surface area contributed by atoms with Crippen LogP contribution in [-0.2, 0) is 23.0 Å². The number of hydrogen-bond acceptors (Lipinski definition) is 2. The number of carbonyl (C=O) groups is 1. The van der Waals surface area contributed by atoms with Gasteiger partial charge in [-0.15, -0.1) is 6.58 Å². The van der Waals surface area contributed by atoms with E-state index in [0.717, 1.165) is 23.0 Å². The molecule has 3 aromatic rings. The van der Waals surface area contributed by atoms with E-state index in [2.05, 4.69) is 29.3 Å². The zero-order valence-electron chi connectivity index (χ0n) is 14.5. The summed E-state index contributed by atoms with van der Waals surface area (Å²) in [5.74, 6) is -0.521. The van der Waals surface area contributed by atoms with Crippen LogP contribution in [0, 0.1) is 0 Å². The van der Waals surface area contributed by atoms with Gasteiger partial charge in [-0.25, -0.2) is 0 Å². The van der Waals surface area contributed by atoms with E-state index >= 15 is 0 Å². The molecule has 0 N–H and O–H groups in total. The van der Waals surface area contributed by atoms with Crippen LogP contribution in [-0.4, -0.2) is 17.1 Å². The molecular weight excluding hydrogens is 310 g/mol. The van der Waals surface area contributed by atoms with E-state index < -0.39 is 0 Å². The van der Waals surface area contributed by atoms with Crippen LogP contribution in [0.4, 0.5) is 0 Å². The van der Waals surface area contributed by atoms with Gasteiger partial charge in [0.15, 0.2) is 0 Å². The van der Waals surface area contributed by atoms with Crippen LogP contribution in [0.3, 0.4) is 0 Å². The second-order valence-corrected chi connectivity index (χ2v) is 6.17. The van der Waals surface area contributed by atoms with Crippen molar-refractivity contribution in [2.75, 3.05) is 6.61 Å². The minimum absolute atomic E-state index is 0.193. The molecule has 0 radical (unpaired) electrons. The Balaban J connectivity index is 1.74. The number of hydrogen-bond donors (Lipinski definition) is 0. The zero-order valence-corrected chi connectivity index (χ0v) is 14.5. The number of para-hydroxylation sites is 1. The van der Waals surface area contributed by atoms with Crippen molar-refractivity contribution in [3.63, 3.8) is 0 Å². The van der Waals surface area contributed by atoms with E-state index in [1.165, 1.54) is 5.56 Å². The molecule has 1 atom stereocenters. The summed E-state index contributed by atoms with van der Waals surface area (Å²) in [6.45, 7) is 4.19. The minimum atomic E-state index is -0.328. The predicted molar refractivity (Wildman–Crippen MR) is 102 cm³/mol. The van der Waals surface area contributed by atoms with Crippen molar-refractivity contribution in [3.8, 4) is 0 Å². The summed E-state index contributed by atoms with van der Waals surface area (Å²) in [5.41, 5.74) is 3.25. The van der Waals surface area contributed by atoms with E-state index in [9.17, 15) is 4.79 Å². The average molecular weight is 333 g/mol. The highest BCUT2D eigenvalue weighted by molar-refractivity contribution is 5.85. The first-order chi connectivity index (χ1) is 12.2. The highest BCUT2D eigenvalue weighted by Gasteiger charge is 2.24. The third-order valence-electron chi connectivity index (χ3n) is 4.51. The number of ether oxygens (including phenoxy) is 1. The summed E-state index contributed by atoms with van der Waals surface area (Å²) in [5, 5.41) is 1.13. The van der Waals surface area contributed by atoms with E-state index in [1.807, 2.05) is 49.5 Å². The van der Waals surface area contributed by atoms with Gasteiger partial charge in [0.05, 0.1) is 6.61 Å². The predicted octanol–water partition coefficient (Wildman–Crippen LogP) is 4.62. The normalized spacial score (nSPS) is 12.0. The van der Waals surface area contributed by atoms with Crippen molar-refractivity contribution in [1.29, 1.82) is 0 Å². The summed E-state index contributed by atoms with van der Waals surface area (Å²) in [6, 6.07) is 20.3. The van der Waals surface area contributed by atoms with Crippen molar-refractivity contribution >= 4 is 16.9 Å². The van der Waals surface area contributed by atoms with Crippen LogP contribution in [0.25, 0.3) is 10.9 Å². The Morgan fingerprint density at radius 3 is 2.60 bits per heavy atom. The quantitative estimate of drug-likeness (QED) is 0.466.